The van der Waals surface area contributed by atoms with Crippen LogP contribution in [-0.2, 0) is 19.9 Å². The number of carbonyl (C=O) groups excluding carboxylic acids is 2. The van der Waals surface area contributed by atoms with Gasteiger partial charge in [0.25, 0.3) is 0 Å². The van der Waals surface area contributed by atoms with E-state index in [9.17, 15) is 19.5 Å². The largest absolute Gasteiger partial charge is 0.496 e. The van der Waals surface area contributed by atoms with Gasteiger partial charge in [0.05, 0.1) is 39.2 Å². The topological polar surface area (TPSA) is 105 Å². The van der Waals surface area contributed by atoms with Gasteiger partial charge in [-0.1, -0.05) is 23.7 Å². The molecule has 0 unspecified atom stereocenters. The number of halogens is 1. The summed E-state index contributed by atoms with van der Waals surface area (Å²) in [5.41, 5.74) is -0.579. The first kappa shape index (κ1) is 28.8. The third kappa shape index (κ3) is 5.69. The average molecular weight is 603 g/mol. The highest BCUT2D eigenvalue weighted by Crippen LogP contribution is 2.53. The Hall–Kier alpha value is -2.76. The van der Waals surface area contributed by atoms with Gasteiger partial charge in [-0.05, 0) is 73.1 Å². The van der Waals surface area contributed by atoms with Gasteiger partial charge in [0.2, 0.25) is 11.5 Å². The minimum atomic E-state index is -1.47. The molecule has 11 heteroatoms. The molecule has 1 aromatic carbocycles. The molecule has 8 nitrogen and oxygen atoms in total. The third-order valence-electron chi connectivity index (χ3n) is 7.99. The Bertz CT molecular complexity index is 1310. The Balaban J connectivity index is 1.12. The molecule has 0 atom stereocenters. The summed E-state index contributed by atoms with van der Waals surface area (Å²) in [6.45, 7) is 2.38. The van der Waals surface area contributed by atoms with Crippen molar-refractivity contribution in [2.75, 3.05) is 32.1 Å². The molecular formula is C29H31ClN2O6S2. The molecule has 1 amide bonds. The van der Waals surface area contributed by atoms with Crippen molar-refractivity contribution < 1.29 is 29.0 Å². The highest BCUT2D eigenvalue weighted by molar-refractivity contribution is 7.12. The number of nitrogens with one attached hydrogen (secondary N) is 1. The molecule has 1 spiro atoms. The van der Waals surface area contributed by atoms with Crippen LogP contribution in [0, 0.1) is 5.41 Å². The molecule has 2 aromatic heterocycles. The number of carboxylic acid groups (broad SMARTS) is 1. The number of methoxy groups -OCH3 is 1. The van der Waals surface area contributed by atoms with Crippen molar-refractivity contribution >= 4 is 58.1 Å². The highest BCUT2D eigenvalue weighted by Gasteiger charge is 2.53. The maximum atomic E-state index is 12.6. The predicted octanol–water partition coefficient (Wildman–Crippen LogP) is 5.90. The number of aliphatic carboxylic acids is 1. The molecule has 212 valence electrons. The van der Waals surface area contributed by atoms with Crippen LogP contribution in [-0.4, -0.2) is 61.0 Å². The highest BCUT2D eigenvalue weighted by atomic mass is 35.5. The van der Waals surface area contributed by atoms with E-state index in [0.717, 1.165) is 38.8 Å². The zero-order valence-corrected chi connectivity index (χ0v) is 24.4. The van der Waals surface area contributed by atoms with Crippen molar-refractivity contribution in [3.8, 4) is 5.75 Å². The summed E-state index contributed by atoms with van der Waals surface area (Å²) < 4.78 is 11.7. The van der Waals surface area contributed by atoms with Crippen molar-refractivity contribution in [2.45, 2.75) is 43.8 Å². The van der Waals surface area contributed by atoms with Crippen molar-refractivity contribution in [3.63, 3.8) is 0 Å². The number of hydrogen-bond donors (Lipinski definition) is 2. The number of benzene rings is 1. The molecule has 1 saturated carbocycles. The SMILES string of the molecule is COc1cc(NC(=O)CCN2CCC3(CC2)CC(OC(C(=O)O)(c2cccs2)c2cccs2)C3)c(Cl)cc1C=O. The number of rotatable bonds is 11. The molecule has 3 aromatic rings. The summed E-state index contributed by atoms with van der Waals surface area (Å²) >= 11 is 9.04. The van der Waals surface area contributed by atoms with Crippen molar-refractivity contribution in [2.24, 2.45) is 5.41 Å². The summed E-state index contributed by atoms with van der Waals surface area (Å²) in [6, 6.07) is 10.4. The first-order chi connectivity index (χ1) is 19.3. The number of likely N-dealkylation sites (tertiary alicyclic amines) is 1. The summed E-state index contributed by atoms with van der Waals surface area (Å²) in [6.07, 6.45) is 4.51. The number of ether oxygens (including phenoxy) is 2. The van der Waals surface area contributed by atoms with Crippen LogP contribution in [0.15, 0.2) is 47.2 Å². The number of thiophene rings is 2. The van der Waals surface area contributed by atoms with Crippen LogP contribution in [0.2, 0.25) is 5.02 Å². The lowest BCUT2D eigenvalue weighted by Crippen LogP contribution is -2.53. The maximum absolute atomic E-state index is 12.6. The Morgan fingerprint density at radius 2 is 1.82 bits per heavy atom. The lowest BCUT2D eigenvalue weighted by atomic mass is 9.61. The number of aldehydes is 1. The van der Waals surface area contributed by atoms with Gasteiger partial charge in [-0.3, -0.25) is 9.59 Å². The van der Waals surface area contributed by atoms with E-state index >= 15 is 0 Å². The molecule has 1 aliphatic carbocycles. The van der Waals surface area contributed by atoms with E-state index in [4.69, 9.17) is 21.1 Å². The van der Waals surface area contributed by atoms with Crippen LogP contribution in [0.5, 0.6) is 5.75 Å². The van der Waals surface area contributed by atoms with E-state index in [1.807, 2.05) is 35.0 Å². The van der Waals surface area contributed by atoms with Crippen LogP contribution in [0.1, 0.15) is 52.2 Å². The molecule has 0 radical (unpaired) electrons. The van der Waals surface area contributed by atoms with Gasteiger partial charge in [-0.25, -0.2) is 4.79 Å². The Morgan fingerprint density at radius 1 is 1.18 bits per heavy atom. The van der Waals surface area contributed by atoms with Gasteiger partial charge >= 0.3 is 5.97 Å². The van der Waals surface area contributed by atoms with Crippen LogP contribution >= 0.6 is 34.3 Å². The molecule has 2 fully saturated rings. The molecule has 2 N–H and O–H groups in total. The zero-order valence-electron chi connectivity index (χ0n) is 22.1. The van der Waals surface area contributed by atoms with Crippen LogP contribution in [0.4, 0.5) is 5.69 Å². The minimum absolute atomic E-state index is 0.120. The molecule has 0 bridgehead atoms. The lowest BCUT2D eigenvalue weighted by molar-refractivity contribution is -0.190. The number of piperidine rings is 1. The third-order valence-corrected chi connectivity index (χ3v) is 10.2. The predicted molar refractivity (Wildman–Crippen MR) is 156 cm³/mol. The quantitative estimate of drug-likeness (QED) is 0.263. The molecular weight excluding hydrogens is 572 g/mol. The molecule has 5 rings (SSSR count). The van der Waals surface area contributed by atoms with Crippen LogP contribution in [0.3, 0.4) is 0 Å². The van der Waals surface area contributed by atoms with Gasteiger partial charge in [-0.2, -0.15) is 0 Å². The minimum Gasteiger partial charge on any atom is -0.496 e. The molecule has 3 heterocycles. The first-order valence-corrected chi connectivity index (χ1v) is 15.3. The molecule has 1 aliphatic heterocycles. The number of carbonyl (C=O) groups is 3. The van der Waals surface area contributed by atoms with Crippen molar-refractivity contribution in [1.82, 2.24) is 4.90 Å². The maximum Gasteiger partial charge on any atom is 0.347 e. The first-order valence-electron chi connectivity index (χ1n) is 13.1. The fourth-order valence-corrected chi connectivity index (χ4v) is 7.79. The number of amides is 1. The number of carboxylic acids is 1. The lowest BCUT2D eigenvalue weighted by Gasteiger charge is -2.53. The van der Waals surface area contributed by atoms with Gasteiger partial charge in [0.15, 0.2) is 6.29 Å². The monoisotopic (exact) mass is 602 g/mol. The van der Waals surface area contributed by atoms with E-state index < -0.39 is 11.6 Å². The van der Waals surface area contributed by atoms with E-state index in [2.05, 4.69) is 10.2 Å². The van der Waals surface area contributed by atoms with Gasteiger partial charge in [-0.15, -0.1) is 22.7 Å². The fourth-order valence-electron chi connectivity index (χ4n) is 5.76. The normalized spacial score (nSPS) is 17.4. The Labute approximate surface area is 245 Å². The van der Waals surface area contributed by atoms with Gasteiger partial charge in [0.1, 0.15) is 5.75 Å². The van der Waals surface area contributed by atoms with Crippen molar-refractivity contribution in [1.29, 1.82) is 0 Å². The zero-order chi connectivity index (χ0) is 28.3. The number of hydrogen-bond acceptors (Lipinski definition) is 8. The summed E-state index contributed by atoms with van der Waals surface area (Å²) in [7, 11) is 1.46. The average Bonchev–Trinajstić information content (AvgIpc) is 3.66. The summed E-state index contributed by atoms with van der Waals surface area (Å²) in [4.78, 5) is 40.1. The van der Waals surface area contributed by atoms with Crippen LogP contribution in [0.25, 0.3) is 0 Å². The van der Waals surface area contributed by atoms with Gasteiger partial charge in [0, 0.05) is 19.0 Å². The second-order valence-corrected chi connectivity index (χ2v) is 12.7. The van der Waals surface area contributed by atoms with Crippen molar-refractivity contribution in [3.05, 3.63) is 67.5 Å². The fraction of sp³-hybridized carbons (Fsp3) is 0.414. The standard InChI is InChI=1S/C29H31ClN2O6S2/c1-37-23-15-22(21(30)14-19(23)18-33)31-26(34)6-9-32-10-7-28(8-11-32)16-20(17-28)38-29(27(35)36,24-4-2-12-39-24)25-5-3-13-40-25/h2-5,12-15,18,20H,6-11,16-17H2,1H3,(H,31,34)(H,35,36). The van der Waals surface area contributed by atoms with E-state index in [-0.39, 0.29) is 22.4 Å². The summed E-state index contributed by atoms with van der Waals surface area (Å²) in [5, 5.41) is 17.2. The summed E-state index contributed by atoms with van der Waals surface area (Å²) in [5.74, 6) is -0.789. The van der Waals surface area contributed by atoms with Crippen LogP contribution < -0.4 is 10.1 Å². The molecule has 2 aliphatic rings. The Kier molecular flexibility index (Phi) is 8.63. The number of anilines is 1. The van der Waals surface area contributed by atoms with E-state index in [1.165, 1.54) is 35.8 Å². The second kappa shape index (κ2) is 12.0. The van der Waals surface area contributed by atoms with E-state index in [1.54, 1.807) is 6.07 Å². The second-order valence-electron chi connectivity index (χ2n) is 10.4. The smallest absolute Gasteiger partial charge is 0.347 e. The number of nitrogens with zero attached hydrogens (tertiary/aromatic N) is 1. The van der Waals surface area contributed by atoms with Gasteiger partial charge < -0.3 is 24.8 Å². The molecule has 40 heavy (non-hydrogen) atoms. The molecule has 1 saturated heterocycles. The Morgan fingerprint density at radius 3 is 2.35 bits per heavy atom. The van der Waals surface area contributed by atoms with E-state index in [0.29, 0.717) is 46.0 Å².